The number of nitriles is 1. The first-order chi connectivity index (χ1) is 17.7. The van der Waals surface area contributed by atoms with Gasteiger partial charge in [0.25, 0.3) is 0 Å². The minimum atomic E-state index is -0.727. The van der Waals surface area contributed by atoms with Crippen molar-refractivity contribution in [1.29, 1.82) is 5.26 Å². The van der Waals surface area contributed by atoms with Gasteiger partial charge in [0.05, 0.1) is 11.8 Å². The highest BCUT2D eigenvalue weighted by molar-refractivity contribution is 5.76. The van der Waals surface area contributed by atoms with Crippen LogP contribution in [0.15, 0.2) is 40.9 Å². The van der Waals surface area contributed by atoms with Gasteiger partial charge in [-0.1, -0.05) is 31.4 Å². The predicted octanol–water partition coefficient (Wildman–Crippen LogP) is 3.94. The molecule has 9 nitrogen and oxygen atoms in total. The van der Waals surface area contributed by atoms with Crippen molar-refractivity contribution in [2.75, 3.05) is 38.0 Å². The zero-order valence-corrected chi connectivity index (χ0v) is 20.6. The van der Waals surface area contributed by atoms with Gasteiger partial charge in [0.2, 0.25) is 17.7 Å². The highest BCUT2D eigenvalue weighted by atomic mass is 16.3. The van der Waals surface area contributed by atoms with Gasteiger partial charge in [-0.2, -0.15) is 5.26 Å². The Morgan fingerprint density at radius 3 is 2.69 bits per heavy atom. The molecule has 0 spiro atoms. The summed E-state index contributed by atoms with van der Waals surface area (Å²) < 4.78 is 5.78. The van der Waals surface area contributed by atoms with Crippen molar-refractivity contribution in [3.63, 3.8) is 0 Å². The molecular weight excluding hydrogens is 454 g/mol. The number of para-hydroxylation sites is 2. The Labute approximate surface area is 211 Å². The first-order valence-corrected chi connectivity index (χ1v) is 13.0. The van der Waals surface area contributed by atoms with Crippen molar-refractivity contribution < 1.29 is 9.21 Å². The average molecular weight is 488 g/mol. The van der Waals surface area contributed by atoms with E-state index in [1.54, 1.807) is 12.3 Å². The SMILES string of the molecule is N#CC(c1ccnc(NCCCC(=O)N2CCN(C3CCCCC3)CC2)n1)c1nc2ccccc2o1. The van der Waals surface area contributed by atoms with Crippen LogP contribution in [-0.2, 0) is 4.79 Å². The van der Waals surface area contributed by atoms with E-state index in [1.165, 1.54) is 32.1 Å². The lowest BCUT2D eigenvalue weighted by molar-refractivity contribution is -0.133. The molecule has 1 amide bonds. The third-order valence-corrected chi connectivity index (χ3v) is 7.27. The fourth-order valence-corrected chi connectivity index (χ4v) is 5.26. The van der Waals surface area contributed by atoms with E-state index >= 15 is 0 Å². The van der Waals surface area contributed by atoms with E-state index in [-0.39, 0.29) is 5.91 Å². The number of anilines is 1. The Morgan fingerprint density at radius 2 is 1.92 bits per heavy atom. The van der Waals surface area contributed by atoms with E-state index in [2.05, 4.69) is 31.2 Å². The summed E-state index contributed by atoms with van der Waals surface area (Å²) in [6.07, 6.45) is 9.50. The maximum Gasteiger partial charge on any atom is 0.222 e. The van der Waals surface area contributed by atoms with Crippen molar-refractivity contribution in [1.82, 2.24) is 24.8 Å². The first kappa shape index (κ1) is 24.2. The number of amides is 1. The van der Waals surface area contributed by atoms with Crippen LogP contribution in [0, 0.1) is 11.3 Å². The van der Waals surface area contributed by atoms with Crippen LogP contribution >= 0.6 is 0 Å². The van der Waals surface area contributed by atoms with E-state index < -0.39 is 5.92 Å². The van der Waals surface area contributed by atoms with Gasteiger partial charge in [-0.25, -0.2) is 15.0 Å². The van der Waals surface area contributed by atoms with Crippen molar-refractivity contribution in [2.24, 2.45) is 0 Å². The van der Waals surface area contributed by atoms with Gasteiger partial charge in [0.1, 0.15) is 5.52 Å². The predicted molar refractivity (Wildman–Crippen MR) is 136 cm³/mol. The minimum absolute atomic E-state index is 0.218. The van der Waals surface area contributed by atoms with Gasteiger partial charge < -0.3 is 14.6 Å². The number of hydrogen-bond donors (Lipinski definition) is 1. The van der Waals surface area contributed by atoms with Crippen molar-refractivity contribution >= 4 is 23.0 Å². The molecule has 1 atom stereocenters. The van der Waals surface area contributed by atoms with E-state index in [1.807, 2.05) is 29.2 Å². The summed E-state index contributed by atoms with van der Waals surface area (Å²) in [5.41, 5.74) is 1.87. The van der Waals surface area contributed by atoms with E-state index in [0.717, 1.165) is 32.2 Å². The van der Waals surface area contributed by atoms with Crippen LogP contribution in [0.4, 0.5) is 5.95 Å². The van der Waals surface area contributed by atoms with Crippen LogP contribution in [0.5, 0.6) is 0 Å². The number of aromatic nitrogens is 3. The van der Waals surface area contributed by atoms with Crippen molar-refractivity contribution in [2.45, 2.75) is 56.9 Å². The summed E-state index contributed by atoms with van der Waals surface area (Å²) in [6.45, 7) is 4.24. The third-order valence-electron chi connectivity index (χ3n) is 7.27. The van der Waals surface area contributed by atoms with Gasteiger partial charge in [0, 0.05) is 51.4 Å². The molecular formula is C27H33N7O2. The molecule has 3 heterocycles. The van der Waals surface area contributed by atoms with Crippen molar-refractivity contribution in [3.05, 3.63) is 48.1 Å². The molecule has 36 heavy (non-hydrogen) atoms. The Morgan fingerprint density at radius 1 is 1.11 bits per heavy atom. The number of oxazole rings is 1. The standard InChI is InChI=1S/C27H33N7O2/c28-19-21(26-31-23-9-4-5-10-24(23)36-26)22-12-14-30-27(32-22)29-13-6-11-25(35)34-17-15-33(16-18-34)20-7-2-1-3-8-20/h4-5,9-10,12,14,20-21H,1-3,6-8,11,13,15-18H2,(H,29,30,32). The molecule has 2 fully saturated rings. The van der Waals surface area contributed by atoms with Crippen LogP contribution in [0.3, 0.4) is 0 Å². The number of carbonyl (C=O) groups excluding carboxylic acids is 1. The number of benzene rings is 1. The van der Waals surface area contributed by atoms with E-state index in [9.17, 15) is 10.1 Å². The van der Waals surface area contributed by atoms with Gasteiger partial charge >= 0.3 is 0 Å². The Kier molecular flexibility index (Phi) is 7.72. The zero-order valence-electron chi connectivity index (χ0n) is 20.6. The number of fused-ring (bicyclic) bond motifs is 1. The quantitative estimate of drug-likeness (QED) is 0.476. The van der Waals surface area contributed by atoms with Gasteiger partial charge in [-0.05, 0) is 37.5 Å². The highest BCUT2D eigenvalue weighted by Gasteiger charge is 2.27. The van der Waals surface area contributed by atoms with Crippen LogP contribution in [0.25, 0.3) is 11.1 Å². The third kappa shape index (κ3) is 5.65. The maximum absolute atomic E-state index is 12.7. The van der Waals surface area contributed by atoms with Crippen molar-refractivity contribution in [3.8, 4) is 6.07 Å². The molecule has 1 unspecified atom stereocenters. The molecule has 1 aromatic carbocycles. The number of rotatable bonds is 8. The number of piperazine rings is 1. The first-order valence-electron chi connectivity index (χ1n) is 13.0. The molecule has 3 aromatic rings. The molecule has 1 saturated carbocycles. The van der Waals surface area contributed by atoms with Crippen LogP contribution in [-0.4, -0.2) is 69.4 Å². The Bertz CT molecular complexity index is 1170. The lowest BCUT2D eigenvalue weighted by atomic mass is 9.94. The summed E-state index contributed by atoms with van der Waals surface area (Å²) in [6, 6.07) is 12.1. The molecule has 2 aliphatic rings. The highest BCUT2D eigenvalue weighted by Crippen LogP contribution is 2.26. The molecule has 2 aromatic heterocycles. The number of hydrogen-bond acceptors (Lipinski definition) is 8. The van der Waals surface area contributed by atoms with Crippen LogP contribution in [0.1, 0.15) is 62.4 Å². The lowest BCUT2D eigenvalue weighted by Crippen LogP contribution is -2.52. The second-order valence-corrected chi connectivity index (χ2v) is 9.63. The summed E-state index contributed by atoms with van der Waals surface area (Å²) in [5.74, 6) is 0.236. The summed E-state index contributed by atoms with van der Waals surface area (Å²) in [5, 5.41) is 13.0. The molecule has 0 radical (unpaired) electrons. The smallest absolute Gasteiger partial charge is 0.222 e. The molecule has 1 saturated heterocycles. The zero-order chi connectivity index (χ0) is 24.7. The average Bonchev–Trinajstić information content (AvgIpc) is 3.36. The fraction of sp³-hybridized carbons (Fsp3) is 0.519. The normalized spacial score (nSPS) is 18.1. The molecule has 1 N–H and O–H groups in total. The van der Waals surface area contributed by atoms with E-state index in [4.69, 9.17) is 4.42 Å². The largest absolute Gasteiger partial charge is 0.439 e. The maximum atomic E-state index is 12.7. The number of nitrogens with one attached hydrogen (secondary N) is 1. The van der Waals surface area contributed by atoms with Gasteiger partial charge in [0.15, 0.2) is 11.5 Å². The minimum Gasteiger partial charge on any atom is -0.439 e. The fourth-order valence-electron chi connectivity index (χ4n) is 5.26. The summed E-state index contributed by atoms with van der Waals surface area (Å²) in [7, 11) is 0. The molecule has 1 aliphatic heterocycles. The van der Waals surface area contributed by atoms with Gasteiger partial charge in [-0.15, -0.1) is 0 Å². The molecule has 5 rings (SSSR count). The number of nitrogens with zero attached hydrogens (tertiary/aromatic N) is 6. The molecule has 188 valence electrons. The summed E-state index contributed by atoms with van der Waals surface area (Å²) in [4.78, 5) is 30.5. The molecule has 0 bridgehead atoms. The Balaban J connectivity index is 1.09. The van der Waals surface area contributed by atoms with Crippen LogP contribution < -0.4 is 5.32 Å². The summed E-state index contributed by atoms with van der Waals surface area (Å²) >= 11 is 0. The topological polar surface area (TPSA) is 111 Å². The second-order valence-electron chi connectivity index (χ2n) is 9.63. The van der Waals surface area contributed by atoms with Gasteiger partial charge in [-0.3, -0.25) is 9.69 Å². The van der Waals surface area contributed by atoms with Crippen LogP contribution in [0.2, 0.25) is 0 Å². The lowest BCUT2D eigenvalue weighted by Gasteiger charge is -2.40. The van der Waals surface area contributed by atoms with E-state index in [0.29, 0.717) is 48.0 Å². The molecule has 9 heteroatoms. The Hall–Kier alpha value is -3.51. The second kappa shape index (κ2) is 11.5. The monoisotopic (exact) mass is 487 g/mol. The number of carbonyl (C=O) groups is 1. The molecule has 1 aliphatic carbocycles.